The molecule has 1 aromatic carbocycles. The van der Waals surface area contributed by atoms with Crippen molar-refractivity contribution in [1.29, 1.82) is 0 Å². The van der Waals surface area contributed by atoms with Gasteiger partial charge in [0, 0.05) is 38.1 Å². The third-order valence-corrected chi connectivity index (χ3v) is 6.36. The second kappa shape index (κ2) is 9.99. The highest BCUT2D eigenvalue weighted by Gasteiger charge is 2.31. The number of hydrogen-bond acceptors (Lipinski definition) is 4. The minimum atomic E-state index is 0.127. The number of amides is 1. The van der Waals surface area contributed by atoms with E-state index in [1.54, 1.807) is 0 Å². The van der Waals surface area contributed by atoms with Crippen molar-refractivity contribution in [3.05, 3.63) is 66.0 Å². The first-order chi connectivity index (χ1) is 14.3. The van der Waals surface area contributed by atoms with Crippen molar-refractivity contribution in [2.75, 3.05) is 26.2 Å². The van der Waals surface area contributed by atoms with Gasteiger partial charge in [-0.15, -0.1) is 0 Å². The molecule has 0 aliphatic carbocycles. The molecule has 2 aliphatic rings. The van der Waals surface area contributed by atoms with Gasteiger partial charge in [-0.05, 0) is 68.6 Å². The van der Waals surface area contributed by atoms with Gasteiger partial charge in [0.05, 0.1) is 5.92 Å². The van der Waals surface area contributed by atoms with Crippen LogP contribution in [0.25, 0.3) is 0 Å². The zero-order valence-corrected chi connectivity index (χ0v) is 17.2. The minimum absolute atomic E-state index is 0.127. The first kappa shape index (κ1) is 20.0. The lowest BCUT2D eigenvalue weighted by Gasteiger charge is -2.42. The van der Waals surface area contributed by atoms with Crippen LogP contribution in [-0.4, -0.2) is 52.9 Å². The minimum Gasteiger partial charge on any atom is -0.352 e. The van der Waals surface area contributed by atoms with Crippen LogP contribution >= 0.6 is 0 Å². The first-order valence-corrected chi connectivity index (χ1v) is 10.9. The summed E-state index contributed by atoms with van der Waals surface area (Å²) in [5.41, 5.74) is 2.50. The SMILES string of the molecule is O=C(NCc1ccccc1)C1CCCN(C2CCN(Cc3ccncc3)CC2)C1. The molecule has 2 aromatic rings. The quantitative estimate of drug-likeness (QED) is 0.821. The number of carbonyl (C=O) groups is 1. The van der Waals surface area contributed by atoms with Gasteiger partial charge in [0.1, 0.15) is 0 Å². The van der Waals surface area contributed by atoms with E-state index in [0.717, 1.165) is 51.1 Å². The predicted molar refractivity (Wildman–Crippen MR) is 115 cm³/mol. The van der Waals surface area contributed by atoms with Crippen molar-refractivity contribution in [3.8, 4) is 0 Å². The number of benzene rings is 1. The molecule has 2 aliphatic heterocycles. The van der Waals surface area contributed by atoms with Gasteiger partial charge in [-0.1, -0.05) is 30.3 Å². The Labute approximate surface area is 174 Å². The smallest absolute Gasteiger partial charge is 0.224 e. The highest BCUT2D eigenvalue weighted by molar-refractivity contribution is 5.79. The summed E-state index contributed by atoms with van der Waals surface area (Å²) in [6, 6.07) is 15.0. The number of rotatable bonds is 6. The number of nitrogens with one attached hydrogen (secondary N) is 1. The maximum Gasteiger partial charge on any atom is 0.224 e. The molecule has 2 fully saturated rings. The lowest BCUT2D eigenvalue weighted by atomic mass is 9.93. The van der Waals surface area contributed by atoms with Crippen molar-refractivity contribution >= 4 is 5.91 Å². The lowest BCUT2D eigenvalue weighted by Crippen LogP contribution is -2.50. The summed E-state index contributed by atoms with van der Waals surface area (Å²) in [6.45, 7) is 5.96. The van der Waals surface area contributed by atoms with Crippen LogP contribution in [0.5, 0.6) is 0 Å². The van der Waals surface area contributed by atoms with E-state index in [9.17, 15) is 4.79 Å². The number of aromatic nitrogens is 1. The van der Waals surface area contributed by atoms with E-state index >= 15 is 0 Å². The summed E-state index contributed by atoms with van der Waals surface area (Å²) in [5, 5.41) is 3.15. The molecule has 0 bridgehead atoms. The van der Waals surface area contributed by atoms with Crippen LogP contribution in [0.3, 0.4) is 0 Å². The first-order valence-electron chi connectivity index (χ1n) is 10.9. The maximum absolute atomic E-state index is 12.7. The molecule has 2 saturated heterocycles. The lowest BCUT2D eigenvalue weighted by molar-refractivity contribution is -0.127. The molecule has 0 spiro atoms. The predicted octanol–water partition coefficient (Wildman–Crippen LogP) is 3.07. The zero-order chi connectivity index (χ0) is 19.9. The highest BCUT2D eigenvalue weighted by Crippen LogP contribution is 2.24. The fourth-order valence-electron chi connectivity index (χ4n) is 4.67. The summed E-state index contributed by atoms with van der Waals surface area (Å²) < 4.78 is 0. The van der Waals surface area contributed by atoms with Gasteiger partial charge in [0.2, 0.25) is 5.91 Å². The average Bonchev–Trinajstić information content (AvgIpc) is 2.79. The second-order valence-electron chi connectivity index (χ2n) is 8.40. The Morgan fingerprint density at radius 2 is 1.72 bits per heavy atom. The van der Waals surface area contributed by atoms with Crippen LogP contribution < -0.4 is 5.32 Å². The van der Waals surface area contributed by atoms with E-state index in [1.165, 1.54) is 18.4 Å². The Kier molecular flexibility index (Phi) is 6.91. The van der Waals surface area contributed by atoms with E-state index < -0.39 is 0 Å². The molecule has 1 aromatic heterocycles. The van der Waals surface area contributed by atoms with Crippen molar-refractivity contribution in [2.24, 2.45) is 5.92 Å². The van der Waals surface area contributed by atoms with Gasteiger partial charge < -0.3 is 5.32 Å². The van der Waals surface area contributed by atoms with E-state index in [4.69, 9.17) is 0 Å². The second-order valence-corrected chi connectivity index (χ2v) is 8.40. The molecule has 3 heterocycles. The molecule has 0 radical (unpaired) electrons. The van der Waals surface area contributed by atoms with Gasteiger partial charge in [-0.25, -0.2) is 0 Å². The van der Waals surface area contributed by atoms with Crippen molar-refractivity contribution in [2.45, 2.75) is 44.8 Å². The molecule has 1 N–H and O–H groups in total. The molecule has 0 saturated carbocycles. The van der Waals surface area contributed by atoms with Gasteiger partial charge in [0.25, 0.3) is 0 Å². The third kappa shape index (κ3) is 5.64. The van der Waals surface area contributed by atoms with Gasteiger partial charge in [0.15, 0.2) is 0 Å². The Balaban J connectivity index is 1.23. The number of nitrogens with zero attached hydrogens (tertiary/aromatic N) is 3. The Bertz CT molecular complexity index is 759. The largest absolute Gasteiger partial charge is 0.352 e. The van der Waals surface area contributed by atoms with E-state index in [-0.39, 0.29) is 11.8 Å². The molecule has 154 valence electrons. The summed E-state index contributed by atoms with van der Waals surface area (Å²) in [6.07, 6.45) is 8.28. The average molecular weight is 393 g/mol. The molecule has 4 rings (SSSR count). The van der Waals surface area contributed by atoms with Crippen molar-refractivity contribution in [1.82, 2.24) is 20.1 Å². The maximum atomic E-state index is 12.7. The molecule has 1 unspecified atom stereocenters. The Hall–Kier alpha value is -2.24. The summed E-state index contributed by atoms with van der Waals surface area (Å²) in [7, 11) is 0. The molecule has 29 heavy (non-hydrogen) atoms. The number of hydrogen-bond donors (Lipinski definition) is 1. The van der Waals surface area contributed by atoms with Crippen LogP contribution in [0.1, 0.15) is 36.8 Å². The van der Waals surface area contributed by atoms with E-state index in [0.29, 0.717) is 12.6 Å². The van der Waals surface area contributed by atoms with Gasteiger partial charge in [-0.2, -0.15) is 0 Å². The number of likely N-dealkylation sites (tertiary alicyclic amines) is 2. The number of carbonyl (C=O) groups excluding carboxylic acids is 1. The fraction of sp³-hybridized carbons (Fsp3) is 0.500. The molecular weight excluding hydrogens is 360 g/mol. The normalized spacial score (nSPS) is 21.7. The zero-order valence-electron chi connectivity index (χ0n) is 17.2. The van der Waals surface area contributed by atoms with E-state index in [1.807, 2.05) is 30.6 Å². The topological polar surface area (TPSA) is 48.5 Å². The van der Waals surface area contributed by atoms with Crippen LogP contribution in [0.4, 0.5) is 0 Å². The molecule has 5 heteroatoms. The van der Waals surface area contributed by atoms with Gasteiger partial charge in [-0.3, -0.25) is 19.6 Å². The molecule has 5 nitrogen and oxygen atoms in total. The summed E-state index contributed by atoms with van der Waals surface area (Å²) in [4.78, 5) is 21.9. The monoisotopic (exact) mass is 392 g/mol. The Morgan fingerprint density at radius 1 is 0.966 bits per heavy atom. The number of pyridine rings is 1. The van der Waals surface area contributed by atoms with E-state index in [2.05, 4.69) is 44.4 Å². The van der Waals surface area contributed by atoms with Crippen LogP contribution in [0.2, 0.25) is 0 Å². The summed E-state index contributed by atoms with van der Waals surface area (Å²) in [5.74, 6) is 0.344. The molecule has 1 amide bonds. The van der Waals surface area contributed by atoms with Crippen LogP contribution in [0, 0.1) is 5.92 Å². The highest BCUT2D eigenvalue weighted by atomic mass is 16.1. The number of piperidine rings is 2. The van der Waals surface area contributed by atoms with Crippen LogP contribution in [0.15, 0.2) is 54.9 Å². The fourth-order valence-corrected chi connectivity index (χ4v) is 4.67. The van der Waals surface area contributed by atoms with Crippen molar-refractivity contribution in [3.63, 3.8) is 0 Å². The molecular formula is C24H32N4O. The van der Waals surface area contributed by atoms with Crippen molar-refractivity contribution < 1.29 is 4.79 Å². The van der Waals surface area contributed by atoms with Crippen LogP contribution in [-0.2, 0) is 17.9 Å². The van der Waals surface area contributed by atoms with Gasteiger partial charge >= 0.3 is 0 Å². The summed E-state index contributed by atoms with van der Waals surface area (Å²) >= 11 is 0. The molecule has 1 atom stereocenters. The third-order valence-electron chi connectivity index (χ3n) is 6.36. The Morgan fingerprint density at radius 3 is 2.48 bits per heavy atom. The standard InChI is InChI=1S/C24H32N4O/c29-24(26-17-20-5-2-1-3-6-20)22-7-4-14-28(19-22)23-10-15-27(16-11-23)18-21-8-12-25-13-9-21/h1-3,5-6,8-9,12-13,22-23H,4,7,10-11,14-19H2,(H,26,29).